The van der Waals surface area contributed by atoms with Crippen LogP contribution in [0.2, 0.25) is 5.02 Å². The standard InChI is InChI=1S/C18H16ClFN4O2S/c1-24-10-11(9-22-24)16-5-3-13(27-16)6-7-21-17(25)18(26)23-12-2-4-15(20)14(19)8-12/h2-5,8-10H,6-7H2,1H3,(H,21,25)(H,23,26). The largest absolute Gasteiger partial charge is 0.347 e. The summed E-state index contributed by atoms with van der Waals surface area (Å²) in [6.45, 7) is 0.323. The van der Waals surface area contributed by atoms with E-state index in [-0.39, 0.29) is 10.7 Å². The summed E-state index contributed by atoms with van der Waals surface area (Å²) in [6.07, 6.45) is 4.33. The number of aromatic nitrogens is 2. The Labute approximate surface area is 164 Å². The molecule has 0 bridgehead atoms. The quantitative estimate of drug-likeness (QED) is 0.639. The number of anilines is 1. The topological polar surface area (TPSA) is 76.0 Å². The first-order valence-electron chi connectivity index (χ1n) is 8.04. The van der Waals surface area contributed by atoms with Crippen LogP contribution in [-0.4, -0.2) is 28.1 Å². The molecule has 0 fully saturated rings. The third-order valence-corrected chi connectivity index (χ3v) is 5.18. The van der Waals surface area contributed by atoms with Crippen molar-refractivity contribution in [2.45, 2.75) is 6.42 Å². The molecular formula is C18H16ClFN4O2S. The summed E-state index contributed by atoms with van der Waals surface area (Å²) in [6, 6.07) is 7.68. The molecule has 3 aromatic rings. The van der Waals surface area contributed by atoms with E-state index in [0.29, 0.717) is 13.0 Å². The van der Waals surface area contributed by atoms with Gasteiger partial charge in [-0.2, -0.15) is 5.10 Å². The van der Waals surface area contributed by atoms with Crippen molar-refractivity contribution < 1.29 is 14.0 Å². The summed E-state index contributed by atoms with van der Waals surface area (Å²) in [5.74, 6) is -2.19. The Kier molecular flexibility index (Phi) is 5.88. The van der Waals surface area contributed by atoms with Gasteiger partial charge in [0.1, 0.15) is 5.82 Å². The highest BCUT2D eigenvalue weighted by molar-refractivity contribution is 7.15. The Morgan fingerprint density at radius 3 is 2.78 bits per heavy atom. The molecule has 6 nitrogen and oxygen atoms in total. The van der Waals surface area contributed by atoms with Crippen LogP contribution in [0.15, 0.2) is 42.7 Å². The number of nitrogens with one attached hydrogen (secondary N) is 2. The number of halogens is 2. The Bertz CT molecular complexity index is 985. The van der Waals surface area contributed by atoms with Crippen LogP contribution in [-0.2, 0) is 23.1 Å². The SMILES string of the molecule is Cn1cc(-c2ccc(CCNC(=O)C(=O)Nc3ccc(F)c(Cl)c3)s2)cn1. The van der Waals surface area contributed by atoms with Gasteiger partial charge in [0, 0.05) is 40.8 Å². The minimum Gasteiger partial charge on any atom is -0.347 e. The van der Waals surface area contributed by atoms with Crippen LogP contribution in [0.4, 0.5) is 10.1 Å². The van der Waals surface area contributed by atoms with Crippen molar-refractivity contribution >= 4 is 40.4 Å². The van der Waals surface area contributed by atoms with E-state index in [1.807, 2.05) is 25.4 Å². The lowest BCUT2D eigenvalue weighted by atomic mass is 10.3. The Hall–Kier alpha value is -2.71. The normalized spacial score (nSPS) is 10.6. The van der Waals surface area contributed by atoms with Crippen molar-refractivity contribution in [2.75, 3.05) is 11.9 Å². The van der Waals surface area contributed by atoms with Crippen molar-refractivity contribution in [2.24, 2.45) is 7.05 Å². The van der Waals surface area contributed by atoms with Gasteiger partial charge >= 0.3 is 11.8 Å². The maximum atomic E-state index is 13.1. The number of carbonyl (C=O) groups is 2. The first kappa shape index (κ1) is 19.1. The van der Waals surface area contributed by atoms with Crippen LogP contribution in [0.1, 0.15) is 4.88 Å². The average molecular weight is 407 g/mol. The zero-order valence-electron chi connectivity index (χ0n) is 14.3. The summed E-state index contributed by atoms with van der Waals surface area (Å²) < 4.78 is 14.8. The molecule has 0 aliphatic carbocycles. The van der Waals surface area contributed by atoms with E-state index >= 15 is 0 Å². The van der Waals surface area contributed by atoms with Gasteiger partial charge in [-0.1, -0.05) is 11.6 Å². The van der Waals surface area contributed by atoms with E-state index in [1.165, 1.54) is 12.1 Å². The fourth-order valence-electron chi connectivity index (χ4n) is 2.36. The molecule has 1 aromatic carbocycles. The summed E-state index contributed by atoms with van der Waals surface area (Å²) in [5, 5.41) is 8.96. The first-order valence-corrected chi connectivity index (χ1v) is 9.24. The number of benzene rings is 1. The number of hydrogen-bond donors (Lipinski definition) is 2. The van der Waals surface area contributed by atoms with Crippen LogP contribution in [0.25, 0.3) is 10.4 Å². The smallest absolute Gasteiger partial charge is 0.313 e. The number of aryl methyl sites for hydroxylation is 1. The van der Waals surface area contributed by atoms with Gasteiger partial charge < -0.3 is 10.6 Å². The number of nitrogens with zero attached hydrogens (tertiary/aromatic N) is 2. The summed E-state index contributed by atoms with van der Waals surface area (Å²) in [7, 11) is 1.86. The van der Waals surface area contributed by atoms with Crippen LogP contribution >= 0.6 is 22.9 Å². The van der Waals surface area contributed by atoms with Crippen LogP contribution in [0.5, 0.6) is 0 Å². The average Bonchev–Trinajstić information content (AvgIpc) is 3.27. The van der Waals surface area contributed by atoms with Gasteiger partial charge in [-0.3, -0.25) is 14.3 Å². The molecule has 0 saturated carbocycles. The molecule has 2 amide bonds. The van der Waals surface area contributed by atoms with Gasteiger partial charge in [0.05, 0.1) is 11.2 Å². The maximum Gasteiger partial charge on any atom is 0.313 e. The number of amides is 2. The van der Waals surface area contributed by atoms with Crippen molar-refractivity contribution in [1.29, 1.82) is 0 Å². The zero-order chi connectivity index (χ0) is 19.4. The molecule has 27 heavy (non-hydrogen) atoms. The van der Waals surface area contributed by atoms with Gasteiger partial charge in [0.25, 0.3) is 0 Å². The molecule has 0 aliphatic rings. The molecule has 0 aliphatic heterocycles. The third-order valence-electron chi connectivity index (χ3n) is 3.69. The second-order valence-corrected chi connectivity index (χ2v) is 7.33. The van der Waals surface area contributed by atoms with E-state index in [9.17, 15) is 14.0 Å². The second-order valence-electron chi connectivity index (χ2n) is 5.76. The summed E-state index contributed by atoms with van der Waals surface area (Å²) in [5.41, 5.74) is 1.29. The highest BCUT2D eigenvalue weighted by Gasteiger charge is 2.14. The lowest BCUT2D eigenvalue weighted by Crippen LogP contribution is -2.36. The molecule has 140 valence electrons. The molecule has 9 heteroatoms. The molecule has 2 heterocycles. The molecule has 3 rings (SSSR count). The highest BCUT2D eigenvalue weighted by atomic mass is 35.5. The molecule has 0 radical (unpaired) electrons. The van der Waals surface area contributed by atoms with Gasteiger partial charge in [0.2, 0.25) is 0 Å². The first-order chi connectivity index (χ1) is 12.9. The van der Waals surface area contributed by atoms with Gasteiger partial charge in [-0.25, -0.2) is 4.39 Å². The molecule has 0 saturated heterocycles. The van der Waals surface area contributed by atoms with Crippen LogP contribution in [0.3, 0.4) is 0 Å². The maximum absolute atomic E-state index is 13.1. The van der Waals surface area contributed by atoms with Crippen LogP contribution in [0, 0.1) is 5.82 Å². The fraction of sp³-hybridized carbons (Fsp3) is 0.167. The lowest BCUT2D eigenvalue weighted by molar-refractivity contribution is -0.136. The molecule has 0 spiro atoms. The number of hydrogen-bond acceptors (Lipinski definition) is 4. The number of carbonyl (C=O) groups excluding carboxylic acids is 2. The number of thiophene rings is 1. The second kappa shape index (κ2) is 8.32. The number of rotatable bonds is 5. The molecule has 0 unspecified atom stereocenters. The van der Waals surface area contributed by atoms with E-state index in [2.05, 4.69) is 15.7 Å². The Balaban J connectivity index is 1.48. The van der Waals surface area contributed by atoms with E-state index in [4.69, 9.17) is 11.6 Å². The molecule has 2 N–H and O–H groups in total. The van der Waals surface area contributed by atoms with Gasteiger partial charge in [-0.05, 0) is 36.8 Å². The van der Waals surface area contributed by atoms with Gasteiger partial charge in [-0.15, -0.1) is 11.3 Å². The Morgan fingerprint density at radius 2 is 2.07 bits per heavy atom. The minimum atomic E-state index is -0.833. The lowest BCUT2D eigenvalue weighted by Gasteiger charge is -2.06. The van der Waals surface area contributed by atoms with Crippen molar-refractivity contribution in [3.05, 3.63) is 58.4 Å². The molecule has 0 atom stereocenters. The van der Waals surface area contributed by atoms with Gasteiger partial charge in [0.15, 0.2) is 0 Å². The zero-order valence-corrected chi connectivity index (χ0v) is 15.9. The van der Waals surface area contributed by atoms with E-state index < -0.39 is 17.6 Å². The molecule has 2 aromatic heterocycles. The Morgan fingerprint density at radius 1 is 1.26 bits per heavy atom. The predicted octanol–water partition coefficient (Wildman–Crippen LogP) is 3.24. The highest BCUT2D eigenvalue weighted by Crippen LogP contribution is 2.27. The minimum absolute atomic E-state index is 0.129. The summed E-state index contributed by atoms with van der Waals surface area (Å²) >= 11 is 7.25. The van der Waals surface area contributed by atoms with Crippen molar-refractivity contribution in [1.82, 2.24) is 15.1 Å². The predicted molar refractivity (Wildman–Crippen MR) is 103 cm³/mol. The van der Waals surface area contributed by atoms with Crippen molar-refractivity contribution in [3.63, 3.8) is 0 Å². The monoisotopic (exact) mass is 406 g/mol. The van der Waals surface area contributed by atoms with Crippen molar-refractivity contribution in [3.8, 4) is 10.4 Å². The van der Waals surface area contributed by atoms with E-state index in [1.54, 1.807) is 22.2 Å². The molecular weight excluding hydrogens is 391 g/mol. The fourth-order valence-corrected chi connectivity index (χ4v) is 3.52. The van der Waals surface area contributed by atoms with Crippen LogP contribution < -0.4 is 10.6 Å². The third kappa shape index (κ3) is 4.93. The summed E-state index contributed by atoms with van der Waals surface area (Å²) in [4.78, 5) is 25.9. The van der Waals surface area contributed by atoms with E-state index in [0.717, 1.165) is 21.4 Å².